The smallest absolute Gasteiger partial charge is 0.333 e. The zero-order valence-electron chi connectivity index (χ0n) is 19.3. The molecule has 1 aromatic carbocycles. The van der Waals surface area contributed by atoms with E-state index in [9.17, 15) is 18.3 Å². The van der Waals surface area contributed by atoms with Crippen molar-refractivity contribution in [2.24, 2.45) is 4.99 Å². The molecule has 2 aliphatic heterocycles. The van der Waals surface area contributed by atoms with E-state index in [2.05, 4.69) is 15.4 Å². The van der Waals surface area contributed by atoms with Crippen LogP contribution in [0.5, 0.6) is 0 Å². The number of rotatable bonds is 8. The van der Waals surface area contributed by atoms with Gasteiger partial charge in [-0.25, -0.2) is 14.1 Å². The normalized spacial score (nSPS) is 21.9. The third kappa shape index (κ3) is 4.68. The number of hydrogen-bond acceptors (Lipinski definition) is 7. The van der Waals surface area contributed by atoms with E-state index in [4.69, 9.17) is 16.6 Å². The van der Waals surface area contributed by atoms with Gasteiger partial charge in [-0.3, -0.25) is 4.99 Å². The summed E-state index contributed by atoms with van der Waals surface area (Å²) in [6, 6.07) is 4.74. The first-order valence-corrected chi connectivity index (χ1v) is 12.8. The Morgan fingerprint density at radius 2 is 2.17 bits per heavy atom. The predicted octanol–water partition coefficient (Wildman–Crippen LogP) is 4.88. The second-order valence-corrected chi connectivity index (χ2v) is 10.1. The molecule has 36 heavy (non-hydrogen) atoms. The molecule has 2 aromatic heterocycles. The molecule has 0 amide bonds. The van der Waals surface area contributed by atoms with Crippen molar-refractivity contribution >= 4 is 34.3 Å². The molecule has 12 heteroatoms. The molecule has 0 saturated carbocycles. The third-order valence-electron chi connectivity index (χ3n) is 6.21. The van der Waals surface area contributed by atoms with Crippen LogP contribution in [0.15, 0.2) is 52.7 Å². The standard InChI is InChI=1S/C24H24ClF3N6OS/c1-2-6-29-12-24(35)11-18-19(17-5-8-34(32-17)23(27)28)20(15-4-3-14(26)10-16(15)25)31-21(33(18)13-24)22-30-7-9-36-22/h3-5,7-10,20,23,29,35H,2,6,11-13H2,1H3/t20-,24-/m0/s1. The Labute approximate surface area is 214 Å². The molecule has 4 heterocycles. The van der Waals surface area contributed by atoms with Gasteiger partial charge in [-0.1, -0.05) is 24.6 Å². The lowest BCUT2D eigenvalue weighted by Gasteiger charge is -2.32. The fourth-order valence-corrected chi connectivity index (χ4v) is 5.57. The Bertz CT molecular complexity index is 1310. The van der Waals surface area contributed by atoms with E-state index in [0.29, 0.717) is 38.9 Å². The molecule has 5 rings (SSSR count). The largest absolute Gasteiger partial charge is 0.386 e. The van der Waals surface area contributed by atoms with Crippen LogP contribution in [0, 0.1) is 5.82 Å². The first-order valence-electron chi connectivity index (χ1n) is 11.5. The van der Waals surface area contributed by atoms with Crippen molar-refractivity contribution in [2.75, 3.05) is 19.6 Å². The number of nitrogens with one attached hydrogen (secondary N) is 1. The van der Waals surface area contributed by atoms with Gasteiger partial charge in [-0.05, 0) is 31.2 Å². The number of nitrogens with zero attached hydrogens (tertiary/aromatic N) is 5. The van der Waals surface area contributed by atoms with Gasteiger partial charge in [0.25, 0.3) is 0 Å². The number of halogens is 4. The van der Waals surface area contributed by atoms with Crippen molar-refractivity contribution in [3.05, 3.63) is 74.8 Å². The van der Waals surface area contributed by atoms with Gasteiger partial charge in [-0.2, -0.15) is 13.9 Å². The summed E-state index contributed by atoms with van der Waals surface area (Å²) in [4.78, 5) is 11.3. The molecule has 2 atom stereocenters. The lowest BCUT2D eigenvalue weighted by Crippen LogP contribution is -2.44. The van der Waals surface area contributed by atoms with Gasteiger partial charge in [0.1, 0.15) is 17.5 Å². The zero-order valence-corrected chi connectivity index (χ0v) is 20.9. The molecule has 3 aromatic rings. The molecule has 1 saturated heterocycles. The number of hydrogen-bond donors (Lipinski definition) is 2. The van der Waals surface area contributed by atoms with Crippen LogP contribution in [0.25, 0.3) is 5.57 Å². The van der Waals surface area contributed by atoms with Crippen LogP contribution in [-0.4, -0.2) is 55.8 Å². The van der Waals surface area contributed by atoms with Crippen molar-refractivity contribution in [3.63, 3.8) is 0 Å². The molecular weight excluding hydrogens is 513 g/mol. The molecule has 0 bridgehead atoms. The minimum atomic E-state index is -2.81. The molecule has 7 nitrogen and oxygen atoms in total. The van der Waals surface area contributed by atoms with Gasteiger partial charge >= 0.3 is 6.55 Å². The number of aliphatic imine (C=N–C) groups is 1. The molecule has 0 aliphatic carbocycles. The lowest BCUT2D eigenvalue weighted by molar-refractivity contribution is 0.0556. The van der Waals surface area contributed by atoms with Crippen LogP contribution in [0.4, 0.5) is 13.2 Å². The van der Waals surface area contributed by atoms with Crippen molar-refractivity contribution in [1.82, 2.24) is 25.0 Å². The number of benzene rings is 1. The van der Waals surface area contributed by atoms with Crippen molar-refractivity contribution < 1.29 is 18.3 Å². The highest BCUT2D eigenvalue weighted by atomic mass is 35.5. The van der Waals surface area contributed by atoms with Gasteiger partial charge in [0.15, 0.2) is 10.8 Å². The molecule has 1 fully saturated rings. The number of aliphatic hydroxyl groups is 1. The van der Waals surface area contributed by atoms with Gasteiger partial charge in [-0.15, -0.1) is 11.3 Å². The highest BCUT2D eigenvalue weighted by Gasteiger charge is 2.47. The summed E-state index contributed by atoms with van der Waals surface area (Å²) in [5, 5.41) is 21.5. The van der Waals surface area contributed by atoms with Crippen LogP contribution < -0.4 is 5.32 Å². The molecule has 190 valence electrons. The second kappa shape index (κ2) is 9.97. The number of thiazole rings is 1. The van der Waals surface area contributed by atoms with Crippen molar-refractivity contribution in [2.45, 2.75) is 38.0 Å². The van der Waals surface area contributed by atoms with E-state index >= 15 is 0 Å². The SMILES string of the molecule is CCCNC[C@@]1(O)CC2=C(c3ccn(C(F)F)n3)[C@H](c3ccc(F)cc3Cl)N=C(c3nccs3)N2C1. The summed E-state index contributed by atoms with van der Waals surface area (Å²) in [6.45, 7) is 0.547. The molecule has 0 unspecified atom stereocenters. The third-order valence-corrected chi connectivity index (χ3v) is 7.31. The summed E-state index contributed by atoms with van der Waals surface area (Å²) in [5.41, 5.74) is 0.880. The number of amidine groups is 1. The summed E-state index contributed by atoms with van der Waals surface area (Å²) in [6.07, 6.45) is 4.01. The van der Waals surface area contributed by atoms with Crippen molar-refractivity contribution in [3.8, 4) is 0 Å². The summed E-state index contributed by atoms with van der Waals surface area (Å²) in [7, 11) is 0. The monoisotopic (exact) mass is 536 g/mol. The van der Waals surface area contributed by atoms with Crippen LogP contribution >= 0.6 is 22.9 Å². The topological polar surface area (TPSA) is 78.6 Å². The first-order chi connectivity index (χ1) is 17.3. The van der Waals surface area contributed by atoms with Gasteiger partial charge < -0.3 is 15.3 Å². The maximum atomic E-state index is 13.9. The average molecular weight is 537 g/mol. The minimum Gasteiger partial charge on any atom is -0.386 e. The molecule has 2 aliphatic rings. The minimum absolute atomic E-state index is 0.153. The van der Waals surface area contributed by atoms with E-state index in [1.54, 1.807) is 6.20 Å². The van der Waals surface area contributed by atoms with E-state index < -0.39 is 24.0 Å². The van der Waals surface area contributed by atoms with Crippen LogP contribution in [0.2, 0.25) is 5.02 Å². The maximum Gasteiger partial charge on any atom is 0.333 e. The van der Waals surface area contributed by atoms with E-state index in [0.717, 1.165) is 13.0 Å². The molecule has 0 radical (unpaired) electrons. The highest BCUT2D eigenvalue weighted by molar-refractivity contribution is 7.11. The van der Waals surface area contributed by atoms with E-state index in [1.165, 1.54) is 41.8 Å². The average Bonchev–Trinajstić information content (AvgIpc) is 3.58. The number of fused-ring (bicyclic) bond motifs is 1. The van der Waals surface area contributed by atoms with Crippen molar-refractivity contribution in [1.29, 1.82) is 0 Å². The molecule has 2 N–H and O–H groups in total. The quantitative estimate of drug-likeness (QED) is 0.401. The van der Waals surface area contributed by atoms with E-state index in [-0.39, 0.29) is 23.7 Å². The summed E-state index contributed by atoms with van der Waals surface area (Å²) >= 11 is 7.86. The van der Waals surface area contributed by atoms with Crippen LogP contribution in [0.1, 0.15) is 48.6 Å². The lowest BCUT2D eigenvalue weighted by atomic mass is 9.91. The van der Waals surface area contributed by atoms with Crippen LogP contribution in [0.3, 0.4) is 0 Å². The Morgan fingerprint density at radius 3 is 2.83 bits per heavy atom. The first kappa shape index (κ1) is 24.9. The fourth-order valence-electron chi connectivity index (χ4n) is 4.66. The second-order valence-electron chi connectivity index (χ2n) is 8.84. The molecular formula is C24H24ClF3N6OS. The Kier molecular flexibility index (Phi) is 6.90. The fraction of sp³-hybridized carbons (Fsp3) is 0.375. The van der Waals surface area contributed by atoms with E-state index in [1.807, 2.05) is 17.2 Å². The summed E-state index contributed by atoms with van der Waals surface area (Å²) in [5.74, 6) is 0.0348. The zero-order chi connectivity index (χ0) is 25.4. The Hall–Kier alpha value is -2.73. The van der Waals surface area contributed by atoms with Gasteiger partial charge in [0, 0.05) is 52.6 Å². The highest BCUT2D eigenvalue weighted by Crippen LogP contribution is 2.48. The van der Waals surface area contributed by atoms with Gasteiger partial charge in [0.05, 0.1) is 12.2 Å². The maximum absolute atomic E-state index is 13.9. The predicted molar refractivity (Wildman–Crippen MR) is 133 cm³/mol. The number of aromatic nitrogens is 3. The molecule has 0 spiro atoms. The summed E-state index contributed by atoms with van der Waals surface area (Å²) < 4.78 is 41.3. The number of alkyl halides is 2. The van der Waals surface area contributed by atoms with Gasteiger partial charge in [0.2, 0.25) is 0 Å². The van der Waals surface area contributed by atoms with Crippen LogP contribution in [-0.2, 0) is 0 Å². The Morgan fingerprint density at radius 1 is 1.33 bits per heavy atom. The Balaban J connectivity index is 1.69.